The van der Waals surface area contributed by atoms with E-state index in [-0.39, 0.29) is 29.5 Å². The number of carbonyl (C=O) groups is 1. The number of nitrogens with zero attached hydrogens (tertiary/aromatic N) is 2. The molecule has 5 rings (SSSR count). The average molecular weight is 510 g/mol. The third-order valence-electron chi connectivity index (χ3n) is 7.17. The molecule has 0 unspecified atom stereocenters. The molecule has 36 heavy (non-hydrogen) atoms. The summed E-state index contributed by atoms with van der Waals surface area (Å²) in [5.74, 6) is 0.257. The van der Waals surface area contributed by atoms with Gasteiger partial charge in [0.15, 0.2) is 0 Å². The largest absolute Gasteiger partial charge is 0.490 e. The summed E-state index contributed by atoms with van der Waals surface area (Å²) in [6.07, 6.45) is 5.13. The van der Waals surface area contributed by atoms with Crippen LogP contribution in [-0.4, -0.2) is 47.1 Å². The summed E-state index contributed by atoms with van der Waals surface area (Å²) in [4.78, 5) is 20.3. The zero-order valence-corrected chi connectivity index (χ0v) is 21.9. The van der Waals surface area contributed by atoms with Crippen LogP contribution in [-0.2, 0) is 11.2 Å². The first kappa shape index (κ1) is 25.0. The molecule has 2 fully saturated rings. The first-order chi connectivity index (χ1) is 17.3. The van der Waals surface area contributed by atoms with E-state index in [9.17, 15) is 9.18 Å². The Balaban J connectivity index is 1.47. The molecule has 1 aliphatic heterocycles. The number of fused-ring (bicyclic) bond motifs is 1. The van der Waals surface area contributed by atoms with Crippen molar-refractivity contribution in [3.8, 4) is 17.0 Å². The standard InChI is InChI=1S/C29H33ClFN3O2/c1-17(2)32-28(35)16-24-18(3)23-15-22(36-21-10-12-34(13-11-21)20-5-6-20)7-9-27(23)33-29(24)19-4-8-26(31)25(30)14-19/h4,7-9,14-15,17,20-21H,5-6,10-13,16H2,1-3H3,(H,32,35). The van der Waals surface area contributed by atoms with E-state index < -0.39 is 5.82 Å². The second kappa shape index (κ2) is 10.3. The zero-order valence-electron chi connectivity index (χ0n) is 21.1. The van der Waals surface area contributed by atoms with Crippen molar-refractivity contribution in [2.75, 3.05) is 13.1 Å². The fraction of sp³-hybridized carbons (Fsp3) is 0.448. The van der Waals surface area contributed by atoms with E-state index in [1.165, 1.54) is 18.9 Å². The van der Waals surface area contributed by atoms with Crippen LogP contribution in [0.3, 0.4) is 0 Å². The third kappa shape index (κ3) is 5.50. The van der Waals surface area contributed by atoms with Gasteiger partial charge in [0.25, 0.3) is 0 Å². The Bertz CT molecular complexity index is 1280. The second-order valence-electron chi connectivity index (χ2n) is 10.4. The Morgan fingerprint density at radius 3 is 2.58 bits per heavy atom. The maximum atomic E-state index is 13.9. The molecule has 0 bridgehead atoms. The van der Waals surface area contributed by atoms with Crippen LogP contribution < -0.4 is 10.1 Å². The number of aryl methyl sites for hydroxylation is 1. The molecule has 1 N–H and O–H groups in total. The van der Waals surface area contributed by atoms with E-state index in [2.05, 4.69) is 10.2 Å². The minimum Gasteiger partial charge on any atom is -0.490 e. The highest BCUT2D eigenvalue weighted by Gasteiger charge is 2.32. The summed E-state index contributed by atoms with van der Waals surface area (Å²) in [7, 11) is 0. The van der Waals surface area contributed by atoms with Gasteiger partial charge in [0, 0.05) is 36.1 Å². The topological polar surface area (TPSA) is 54.5 Å². The molecule has 2 aliphatic rings. The molecule has 1 aliphatic carbocycles. The molecule has 3 aromatic rings. The van der Waals surface area contributed by atoms with Gasteiger partial charge in [-0.2, -0.15) is 0 Å². The van der Waals surface area contributed by atoms with Gasteiger partial charge < -0.3 is 15.0 Å². The zero-order chi connectivity index (χ0) is 25.4. The van der Waals surface area contributed by atoms with Gasteiger partial charge in [-0.15, -0.1) is 0 Å². The fourth-order valence-corrected chi connectivity index (χ4v) is 5.32. The molecule has 1 amide bonds. The molecule has 7 heteroatoms. The first-order valence-corrected chi connectivity index (χ1v) is 13.2. The van der Waals surface area contributed by atoms with Crippen LogP contribution in [0.25, 0.3) is 22.2 Å². The predicted molar refractivity (Wildman–Crippen MR) is 142 cm³/mol. The lowest BCUT2D eigenvalue weighted by molar-refractivity contribution is -0.120. The molecule has 190 valence electrons. The highest BCUT2D eigenvalue weighted by Crippen LogP contribution is 2.35. The lowest BCUT2D eigenvalue weighted by atomic mass is 9.95. The Labute approximate surface area is 217 Å². The summed E-state index contributed by atoms with van der Waals surface area (Å²) in [6, 6.07) is 11.4. The summed E-state index contributed by atoms with van der Waals surface area (Å²) in [5, 5.41) is 3.95. The van der Waals surface area contributed by atoms with Crippen molar-refractivity contribution < 1.29 is 13.9 Å². The minimum atomic E-state index is -0.484. The molecule has 1 aromatic heterocycles. The number of amides is 1. The number of benzene rings is 2. The number of ether oxygens (including phenoxy) is 1. The monoisotopic (exact) mass is 509 g/mol. The van der Waals surface area contributed by atoms with Crippen LogP contribution in [0.2, 0.25) is 5.02 Å². The van der Waals surface area contributed by atoms with Crippen molar-refractivity contribution >= 4 is 28.4 Å². The molecular formula is C29H33ClFN3O2. The number of pyridine rings is 1. The lowest BCUT2D eigenvalue weighted by Crippen LogP contribution is -2.39. The van der Waals surface area contributed by atoms with Crippen molar-refractivity contribution in [3.05, 3.63) is 58.4 Å². The van der Waals surface area contributed by atoms with Crippen LogP contribution in [0.5, 0.6) is 5.75 Å². The first-order valence-electron chi connectivity index (χ1n) is 12.9. The van der Waals surface area contributed by atoms with E-state index in [1.54, 1.807) is 12.1 Å². The quantitative estimate of drug-likeness (QED) is 0.419. The van der Waals surface area contributed by atoms with Gasteiger partial charge in [0.2, 0.25) is 5.91 Å². The minimum absolute atomic E-state index is 0.0288. The van der Waals surface area contributed by atoms with Gasteiger partial charge in [-0.3, -0.25) is 4.79 Å². The van der Waals surface area contributed by atoms with Gasteiger partial charge in [0.1, 0.15) is 17.7 Å². The number of hydrogen-bond acceptors (Lipinski definition) is 4. The number of nitrogens with one attached hydrogen (secondary N) is 1. The number of piperidine rings is 1. The second-order valence-corrected chi connectivity index (χ2v) is 10.8. The van der Waals surface area contributed by atoms with Crippen LogP contribution in [0, 0.1) is 12.7 Å². The number of halogens is 2. The number of carbonyl (C=O) groups excluding carboxylic acids is 1. The van der Waals surface area contributed by atoms with Gasteiger partial charge in [0.05, 0.1) is 22.7 Å². The van der Waals surface area contributed by atoms with Crippen LogP contribution in [0.15, 0.2) is 36.4 Å². The van der Waals surface area contributed by atoms with Gasteiger partial charge in [-0.25, -0.2) is 9.37 Å². The van der Waals surface area contributed by atoms with E-state index >= 15 is 0 Å². The van der Waals surface area contributed by atoms with Gasteiger partial charge in [-0.1, -0.05) is 11.6 Å². The summed E-state index contributed by atoms with van der Waals surface area (Å²) in [6.45, 7) is 8.07. The SMILES string of the molecule is Cc1c(CC(=O)NC(C)C)c(-c2ccc(F)c(Cl)c2)nc2ccc(OC3CCN(C4CC4)CC3)cc12. The van der Waals surface area contributed by atoms with Crippen molar-refractivity contribution in [3.63, 3.8) is 0 Å². The molecule has 5 nitrogen and oxygen atoms in total. The summed E-state index contributed by atoms with van der Waals surface area (Å²) < 4.78 is 20.3. The Morgan fingerprint density at radius 1 is 1.17 bits per heavy atom. The van der Waals surface area contributed by atoms with Crippen molar-refractivity contribution in [2.45, 2.75) is 71.1 Å². The maximum Gasteiger partial charge on any atom is 0.224 e. The summed E-state index contributed by atoms with van der Waals surface area (Å²) in [5.41, 5.74) is 3.89. The molecular weight excluding hydrogens is 477 g/mol. The molecule has 1 saturated carbocycles. The van der Waals surface area contributed by atoms with Crippen molar-refractivity contribution in [1.29, 1.82) is 0 Å². The van der Waals surface area contributed by atoms with Crippen molar-refractivity contribution in [2.24, 2.45) is 0 Å². The molecule has 1 saturated heterocycles. The Morgan fingerprint density at radius 2 is 1.92 bits per heavy atom. The normalized spacial score (nSPS) is 17.1. The molecule has 0 atom stereocenters. The highest BCUT2D eigenvalue weighted by molar-refractivity contribution is 6.31. The lowest BCUT2D eigenvalue weighted by Gasteiger charge is -2.32. The number of hydrogen-bond donors (Lipinski definition) is 1. The highest BCUT2D eigenvalue weighted by atomic mass is 35.5. The number of rotatable bonds is 7. The van der Waals surface area contributed by atoms with E-state index in [1.807, 2.05) is 39.0 Å². The molecule has 0 spiro atoms. The molecule has 2 heterocycles. The fourth-order valence-electron chi connectivity index (χ4n) is 5.14. The maximum absolute atomic E-state index is 13.9. The Kier molecular flexibility index (Phi) is 7.18. The van der Waals surface area contributed by atoms with Gasteiger partial charge in [-0.05, 0) is 94.0 Å². The summed E-state index contributed by atoms with van der Waals surface area (Å²) >= 11 is 6.09. The number of likely N-dealkylation sites (tertiary alicyclic amines) is 1. The van der Waals surface area contributed by atoms with Crippen LogP contribution in [0.4, 0.5) is 4.39 Å². The predicted octanol–water partition coefficient (Wildman–Crippen LogP) is 6.08. The average Bonchev–Trinajstić information content (AvgIpc) is 3.68. The van der Waals surface area contributed by atoms with Crippen molar-refractivity contribution in [1.82, 2.24) is 15.2 Å². The molecule has 0 radical (unpaired) electrons. The van der Waals surface area contributed by atoms with Crippen LogP contribution in [0.1, 0.15) is 50.7 Å². The van der Waals surface area contributed by atoms with Gasteiger partial charge >= 0.3 is 0 Å². The smallest absolute Gasteiger partial charge is 0.224 e. The molecule has 2 aromatic carbocycles. The van der Waals surface area contributed by atoms with E-state index in [0.717, 1.165) is 59.8 Å². The van der Waals surface area contributed by atoms with E-state index in [0.29, 0.717) is 11.3 Å². The third-order valence-corrected chi connectivity index (χ3v) is 7.46. The van der Waals surface area contributed by atoms with Crippen LogP contribution >= 0.6 is 11.6 Å². The van der Waals surface area contributed by atoms with E-state index in [4.69, 9.17) is 21.3 Å². The Hall–Kier alpha value is -2.70. The number of aromatic nitrogens is 1.